The molecule has 1 aliphatic heterocycles. The van der Waals surface area contributed by atoms with Gasteiger partial charge in [0.1, 0.15) is 0 Å². The first-order chi connectivity index (χ1) is 12.5. The Kier molecular flexibility index (Phi) is 5.36. The Morgan fingerprint density at radius 1 is 1.23 bits per heavy atom. The van der Waals surface area contributed by atoms with Crippen molar-refractivity contribution < 1.29 is 18.8 Å². The number of hydrogen-bond donors (Lipinski definition) is 2. The highest BCUT2D eigenvalue weighted by atomic mass is 16.3. The van der Waals surface area contributed by atoms with Gasteiger partial charge in [-0.2, -0.15) is 0 Å². The Morgan fingerprint density at radius 3 is 2.77 bits per heavy atom. The zero-order chi connectivity index (χ0) is 18.5. The molecule has 0 saturated carbocycles. The van der Waals surface area contributed by atoms with E-state index >= 15 is 0 Å². The molecule has 1 aliphatic rings. The minimum atomic E-state index is -0.736. The number of rotatable bonds is 5. The summed E-state index contributed by atoms with van der Waals surface area (Å²) in [5.41, 5.74) is 3.15. The normalized spacial score (nSPS) is 13.7. The molecular weight excluding hydrogens is 334 g/mol. The van der Waals surface area contributed by atoms with E-state index in [1.807, 2.05) is 13.0 Å². The number of hydrogen-bond acceptors (Lipinski definition) is 4. The number of aryl methyl sites for hydroxylation is 1. The van der Waals surface area contributed by atoms with Crippen LogP contribution in [0.1, 0.15) is 24.0 Å². The summed E-state index contributed by atoms with van der Waals surface area (Å²) in [5, 5.41) is 5.16. The molecule has 136 valence electrons. The highest BCUT2D eigenvalue weighted by Crippen LogP contribution is 2.28. The van der Waals surface area contributed by atoms with Crippen LogP contribution in [0.4, 0.5) is 11.4 Å². The lowest BCUT2D eigenvalue weighted by Gasteiger charge is -2.19. The first kappa shape index (κ1) is 17.7. The molecule has 2 N–H and O–H groups in total. The van der Waals surface area contributed by atoms with E-state index < -0.39 is 11.8 Å². The molecular formula is C19H21N3O4. The summed E-state index contributed by atoms with van der Waals surface area (Å²) >= 11 is 0. The molecule has 2 heterocycles. The van der Waals surface area contributed by atoms with Gasteiger partial charge >= 0.3 is 11.8 Å². The van der Waals surface area contributed by atoms with E-state index in [9.17, 15) is 14.4 Å². The predicted octanol–water partition coefficient (Wildman–Crippen LogP) is 2.01. The number of nitrogens with zero attached hydrogens (tertiary/aromatic N) is 1. The van der Waals surface area contributed by atoms with Crippen LogP contribution < -0.4 is 15.5 Å². The number of anilines is 2. The molecule has 3 rings (SSSR count). The summed E-state index contributed by atoms with van der Waals surface area (Å²) in [6.07, 6.45) is 5.11. The Morgan fingerprint density at radius 2 is 2.08 bits per heavy atom. The summed E-state index contributed by atoms with van der Waals surface area (Å²) in [5.74, 6) is -1.36. The van der Waals surface area contributed by atoms with Gasteiger partial charge in [-0.05, 0) is 49.1 Å². The number of furan rings is 1. The number of nitrogens with one attached hydrogen (secondary N) is 2. The van der Waals surface area contributed by atoms with E-state index in [1.165, 1.54) is 0 Å². The third-order valence-corrected chi connectivity index (χ3v) is 4.32. The summed E-state index contributed by atoms with van der Waals surface area (Å²) in [6.45, 7) is 2.92. The summed E-state index contributed by atoms with van der Waals surface area (Å²) in [7, 11) is 0. The molecule has 7 heteroatoms. The molecule has 1 aromatic carbocycles. The van der Waals surface area contributed by atoms with Crippen molar-refractivity contribution in [1.29, 1.82) is 0 Å². The summed E-state index contributed by atoms with van der Waals surface area (Å²) in [6, 6.07) is 7.08. The van der Waals surface area contributed by atoms with Crippen LogP contribution >= 0.6 is 0 Å². The first-order valence-electron chi connectivity index (χ1n) is 8.56. The van der Waals surface area contributed by atoms with Gasteiger partial charge in [0, 0.05) is 30.9 Å². The SMILES string of the molecule is Cc1ccc(NC(=O)C(=O)NCCc2ccoc2)cc1N1CCCC1=O. The second kappa shape index (κ2) is 7.86. The zero-order valence-corrected chi connectivity index (χ0v) is 14.6. The van der Waals surface area contributed by atoms with Gasteiger partial charge in [-0.15, -0.1) is 0 Å². The Labute approximate surface area is 151 Å². The lowest BCUT2D eigenvalue weighted by Crippen LogP contribution is -2.36. The van der Waals surface area contributed by atoms with Crippen LogP contribution in [0.3, 0.4) is 0 Å². The van der Waals surface area contributed by atoms with Gasteiger partial charge < -0.3 is 20.0 Å². The molecule has 0 bridgehead atoms. The largest absolute Gasteiger partial charge is 0.472 e. The van der Waals surface area contributed by atoms with Gasteiger partial charge in [0.15, 0.2) is 0 Å². The Hall–Kier alpha value is -3.09. The zero-order valence-electron chi connectivity index (χ0n) is 14.6. The summed E-state index contributed by atoms with van der Waals surface area (Å²) < 4.78 is 4.95. The van der Waals surface area contributed by atoms with Gasteiger partial charge in [-0.3, -0.25) is 14.4 Å². The fraction of sp³-hybridized carbons (Fsp3) is 0.316. The number of amides is 3. The van der Waals surface area contributed by atoms with Crippen molar-refractivity contribution in [3.05, 3.63) is 47.9 Å². The van der Waals surface area contributed by atoms with Crippen LogP contribution in [0.5, 0.6) is 0 Å². The van der Waals surface area contributed by atoms with E-state index in [2.05, 4.69) is 10.6 Å². The molecule has 1 saturated heterocycles. The molecule has 0 spiro atoms. The molecule has 0 aliphatic carbocycles. The van der Waals surface area contributed by atoms with E-state index in [0.29, 0.717) is 31.6 Å². The van der Waals surface area contributed by atoms with Crippen LogP contribution in [0, 0.1) is 6.92 Å². The second-order valence-electron chi connectivity index (χ2n) is 6.24. The maximum absolute atomic E-state index is 12.1. The molecule has 1 fully saturated rings. The maximum Gasteiger partial charge on any atom is 0.313 e. The van der Waals surface area contributed by atoms with Crippen molar-refractivity contribution in [2.24, 2.45) is 0 Å². The molecule has 7 nitrogen and oxygen atoms in total. The van der Waals surface area contributed by atoms with E-state index in [1.54, 1.807) is 35.6 Å². The van der Waals surface area contributed by atoms with Crippen LogP contribution in [0.2, 0.25) is 0 Å². The lowest BCUT2D eigenvalue weighted by molar-refractivity contribution is -0.136. The second-order valence-corrected chi connectivity index (χ2v) is 6.24. The summed E-state index contributed by atoms with van der Waals surface area (Å²) in [4.78, 5) is 37.7. The minimum absolute atomic E-state index is 0.0774. The van der Waals surface area contributed by atoms with Gasteiger partial charge in [-0.25, -0.2) is 0 Å². The standard InChI is InChI=1S/C19H21N3O4/c1-13-4-5-15(11-16(13)22-9-2-3-17(22)23)21-19(25)18(24)20-8-6-14-7-10-26-12-14/h4-5,7,10-12H,2-3,6,8-9H2,1H3,(H,20,24)(H,21,25). The monoisotopic (exact) mass is 355 g/mol. The van der Waals surface area contributed by atoms with Crippen molar-refractivity contribution >= 4 is 29.1 Å². The maximum atomic E-state index is 12.1. The average Bonchev–Trinajstić information content (AvgIpc) is 3.28. The molecule has 3 amide bonds. The number of benzene rings is 1. The molecule has 0 radical (unpaired) electrons. The van der Waals surface area contributed by atoms with E-state index in [0.717, 1.165) is 23.2 Å². The van der Waals surface area contributed by atoms with Gasteiger partial charge in [0.2, 0.25) is 5.91 Å². The van der Waals surface area contributed by atoms with Crippen LogP contribution in [-0.2, 0) is 20.8 Å². The minimum Gasteiger partial charge on any atom is -0.472 e. The average molecular weight is 355 g/mol. The third-order valence-electron chi connectivity index (χ3n) is 4.32. The van der Waals surface area contributed by atoms with E-state index in [-0.39, 0.29) is 5.91 Å². The molecule has 0 atom stereocenters. The molecule has 26 heavy (non-hydrogen) atoms. The fourth-order valence-corrected chi connectivity index (χ4v) is 2.90. The van der Waals surface area contributed by atoms with Crippen molar-refractivity contribution in [1.82, 2.24) is 5.32 Å². The molecule has 0 unspecified atom stereocenters. The topological polar surface area (TPSA) is 91.7 Å². The highest BCUT2D eigenvalue weighted by molar-refractivity contribution is 6.39. The fourth-order valence-electron chi connectivity index (χ4n) is 2.90. The van der Waals surface area contributed by atoms with Crippen LogP contribution in [0.15, 0.2) is 41.2 Å². The van der Waals surface area contributed by atoms with Gasteiger partial charge in [0.25, 0.3) is 0 Å². The van der Waals surface area contributed by atoms with Crippen molar-refractivity contribution in [3.8, 4) is 0 Å². The quantitative estimate of drug-likeness (QED) is 0.803. The van der Waals surface area contributed by atoms with Gasteiger partial charge in [0.05, 0.1) is 12.5 Å². The van der Waals surface area contributed by atoms with Crippen molar-refractivity contribution in [3.63, 3.8) is 0 Å². The first-order valence-corrected chi connectivity index (χ1v) is 8.56. The highest BCUT2D eigenvalue weighted by Gasteiger charge is 2.23. The van der Waals surface area contributed by atoms with Crippen molar-refractivity contribution in [2.45, 2.75) is 26.2 Å². The number of carbonyl (C=O) groups excluding carboxylic acids is 3. The van der Waals surface area contributed by atoms with Crippen LogP contribution in [-0.4, -0.2) is 30.8 Å². The molecule has 2 aromatic rings. The van der Waals surface area contributed by atoms with Crippen LogP contribution in [0.25, 0.3) is 0 Å². The van der Waals surface area contributed by atoms with Gasteiger partial charge in [-0.1, -0.05) is 6.07 Å². The third kappa shape index (κ3) is 4.11. The van der Waals surface area contributed by atoms with E-state index in [4.69, 9.17) is 4.42 Å². The smallest absolute Gasteiger partial charge is 0.313 e. The predicted molar refractivity (Wildman–Crippen MR) is 96.8 cm³/mol. The Balaban J connectivity index is 1.58. The van der Waals surface area contributed by atoms with Crippen molar-refractivity contribution in [2.75, 3.05) is 23.3 Å². The Bertz CT molecular complexity index is 814. The molecule has 1 aromatic heterocycles. The number of carbonyl (C=O) groups is 3. The lowest BCUT2D eigenvalue weighted by atomic mass is 10.1.